The van der Waals surface area contributed by atoms with Crippen LogP contribution in [0.4, 0.5) is 10.1 Å². The Balaban J connectivity index is 3.13. The molecule has 0 bridgehead atoms. The van der Waals surface area contributed by atoms with Crippen molar-refractivity contribution in [3.05, 3.63) is 24.0 Å². The highest BCUT2D eigenvalue weighted by atomic mass is 32.2. The molecule has 0 heterocycles. The summed E-state index contributed by atoms with van der Waals surface area (Å²) in [5.74, 6) is -0.362. The van der Waals surface area contributed by atoms with Crippen LogP contribution in [-0.2, 0) is 10.0 Å². The Kier molecular flexibility index (Phi) is 6.12. The van der Waals surface area contributed by atoms with Crippen LogP contribution in [0.1, 0.15) is 13.8 Å². The minimum Gasteiger partial charge on any atom is -0.398 e. The van der Waals surface area contributed by atoms with Crippen LogP contribution in [0.2, 0.25) is 0 Å². The van der Waals surface area contributed by atoms with E-state index in [1.165, 1.54) is 10.4 Å². The van der Waals surface area contributed by atoms with Crippen molar-refractivity contribution in [2.45, 2.75) is 18.7 Å². The lowest BCUT2D eigenvalue weighted by atomic mass is 10.2. The van der Waals surface area contributed by atoms with Gasteiger partial charge in [-0.3, -0.25) is 0 Å². The van der Waals surface area contributed by atoms with Gasteiger partial charge in [-0.1, -0.05) is 13.8 Å². The lowest BCUT2D eigenvalue weighted by molar-refractivity contribution is 0.313. The predicted molar refractivity (Wildman–Crippen MR) is 83.0 cm³/mol. The molecule has 0 atom stereocenters. The van der Waals surface area contributed by atoms with Crippen LogP contribution in [0.25, 0.3) is 0 Å². The van der Waals surface area contributed by atoms with E-state index in [4.69, 9.17) is 5.73 Å². The second-order valence-electron chi connectivity index (χ2n) is 5.74. The SMILES string of the molecule is CC(C)CN(CCN(C)C)S(=O)(=O)c1ccc(F)cc1N. The fourth-order valence-corrected chi connectivity index (χ4v) is 3.61. The first-order valence-electron chi connectivity index (χ1n) is 6.84. The zero-order valence-electron chi connectivity index (χ0n) is 13.0. The number of halogens is 1. The van der Waals surface area contributed by atoms with Gasteiger partial charge in [0.25, 0.3) is 0 Å². The third kappa shape index (κ3) is 4.94. The number of nitrogens with two attached hydrogens (primary N) is 1. The van der Waals surface area contributed by atoms with Gasteiger partial charge in [0.15, 0.2) is 0 Å². The van der Waals surface area contributed by atoms with E-state index in [9.17, 15) is 12.8 Å². The summed E-state index contributed by atoms with van der Waals surface area (Å²) in [4.78, 5) is 1.87. The van der Waals surface area contributed by atoms with Crippen molar-refractivity contribution in [2.75, 3.05) is 39.5 Å². The molecular formula is C14H24FN3O2S. The van der Waals surface area contributed by atoms with E-state index in [-0.39, 0.29) is 16.5 Å². The quantitative estimate of drug-likeness (QED) is 0.776. The molecule has 1 rings (SSSR count). The molecule has 0 aliphatic heterocycles. The zero-order chi connectivity index (χ0) is 16.2. The number of nitrogens with zero attached hydrogens (tertiary/aromatic N) is 2. The Morgan fingerprint density at radius 2 is 1.86 bits per heavy atom. The maximum atomic E-state index is 13.1. The Bertz CT molecular complexity index is 574. The van der Waals surface area contributed by atoms with Crippen molar-refractivity contribution in [1.82, 2.24) is 9.21 Å². The fraction of sp³-hybridized carbons (Fsp3) is 0.571. The monoisotopic (exact) mass is 317 g/mol. The molecule has 7 heteroatoms. The van der Waals surface area contributed by atoms with E-state index >= 15 is 0 Å². The second-order valence-corrected chi connectivity index (χ2v) is 7.65. The van der Waals surface area contributed by atoms with Gasteiger partial charge in [-0.2, -0.15) is 4.31 Å². The lowest BCUT2D eigenvalue weighted by Gasteiger charge is -2.26. The van der Waals surface area contributed by atoms with Gasteiger partial charge in [-0.15, -0.1) is 0 Å². The van der Waals surface area contributed by atoms with Gasteiger partial charge in [0.2, 0.25) is 10.0 Å². The molecule has 0 aliphatic rings. The van der Waals surface area contributed by atoms with E-state index in [1.807, 2.05) is 32.8 Å². The van der Waals surface area contributed by atoms with Crippen LogP contribution in [0.3, 0.4) is 0 Å². The minimum absolute atomic E-state index is 0.0386. The fourth-order valence-electron chi connectivity index (χ4n) is 1.92. The van der Waals surface area contributed by atoms with Gasteiger partial charge in [0, 0.05) is 19.6 Å². The molecule has 0 saturated carbocycles. The minimum atomic E-state index is -3.72. The number of likely N-dealkylation sites (N-methyl/N-ethyl adjacent to an activating group) is 1. The van der Waals surface area contributed by atoms with Crippen LogP contribution >= 0.6 is 0 Å². The van der Waals surface area contributed by atoms with Crippen LogP contribution in [0.15, 0.2) is 23.1 Å². The number of sulfonamides is 1. The van der Waals surface area contributed by atoms with E-state index in [1.54, 1.807) is 0 Å². The van der Waals surface area contributed by atoms with Gasteiger partial charge in [-0.25, -0.2) is 12.8 Å². The van der Waals surface area contributed by atoms with Gasteiger partial charge in [0.1, 0.15) is 10.7 Å². The lowest BCUT2D eigenvalue weighted by Crippen LogP contribution is -2.39. The first-order valence-corrected chi connectivity index (χ1v) is 8.28. The number of rotatable bonds is 7. The summed E-state index contributed by atoms with van der Waals surface area (Å²) in [6.45, 7) is 5.27. The van der Waals surface area contributed by atoms with Crippen molar-refractivity contribution in [2.24, 2.45) is 5.92 Å². The van der Waals surface area contributed by atoms with Crippen molar-refractivity contribution in [1.29, 1.82) is 0 Å². The zero-order valence-corrected chi connectivity index (χ0v) is 13.8. The number of hydrogen-bond donors (Lipinski definition) is 1. The highest BCUT2D eigenvalue weighted by Crippen LogP contribution is 2.23. The molecule has 0 aliphatic carbocycles. The molecule has 0 amide bonds. The van der Waals surface area contributed by atoms with Crippen molar-refractivity contribution < 1.29 is 12.8 Å². The molecule has 21 heavy (non-hydrogen) atoms. The van der Waals surface area contributed by atoms with Gasteiger partial charge >= 0.3 is 0 Å². The average molecular weight is 317 g/mol. The molecular weight excluding hydrogens is 293 g/mol. The van der Waals surface area contributed by atoms with Crippen LogP contribution in [0.5, 0.6) is 0 Å². The summed E-state index contributed by atoms with van der Waals surface area (Å²) in [5, 5.41) is 0. The Hall–Kier alpha value is -1.18. The number of anilines is 1. The summed E-state index contributed by atoms with van der Waals surface area (Å²) in [6, 6.07) is 3.37. The van der Waals surface area contributed by atoms with E-state index in [2.05, 4.69) is 0 Å². The van der Waals surface area contributed by atoms with Gasteiger partial charge in [0.05, 0.1) is 5.69 Å². The molecule has 0 radical (unpaired) electrons. The third-order valence-electron chi connectivity index (χ3n) is 2.96. The largest absolute Gasteiger partial charge is 0.398 e. The molecule has 2 N–H and O–H groups in total. The second kappa shape index (κ2) is 7.20. The smallest absolute Gasteiger partial charge is 0.245 e. The van der Waals surface area contributed by atoms with Gasteiger partial charge < -0.3 is 10.6 Å². The van der Waals surface area contributed by atoms with E-state index in [0.29, 0.717) is 19.6 Å². The number of nitrogen functional groups attached to an aromatic ring is 1. The highest BCUT2D eigenvalue weighted by Gasteiger charge is 2.27. The first kappa shape index (κ1) is 17.9. The van der Waals surface area contributed by atoms with Crippen molar-refractivity contribution in [3.63, 3.8) is 0 Å². The highest BCUT2D eigenvalue weighted by molar-refractivity contribution is 7.89. The summed E-state index contributed by atoms with van der Waals surface area (Å²) >= 11 is 0. The Morgan fingerprint density at radius 1 is 1.24 bits per heavy atom. The molecule has 120 valence electrons. The third-order valence-corrected chi connectivity index (χ3v) is 4.89. The predicted octanol–water partition coefficient (Wildman–Crippen LogP) is 1.62. The maximum absolute atomic E-state index is 13.1. The van der Waals surface area contributed by atoms with Gasteiger partial charge in [-0.05, 0) is 38.2 Å². The number of hydrogen-bond acceptors (Lipinski definition) is 4. The average Bonchev–Trinajstić information content (AvgIpc) is 2.33. The topological polar surface area (TPSA) is 66.6 Å². The van der Waals surface area contributed by atoms with Crippen molar-refractivity contribution >= 4 is 15.7 Å². The first-order chi connectivity index (χ1) is 9.64. The standard InChI is InChI=1S/C14H24FN3O2S/c1-11(2)10-18(8-7-17(3)4)21(19,20)14-6-5-12(15)9-13(14)16/h5-6,9,11H,7-8,10,16H2,1-4H3. The molecule has 0 fully saturated rings. The molecule has 5 nitrogen and oxygen atoms in total. The summed E-state index contributed by atoms with van der Waals surface area (Å²) in [5.41, 5.74) is 5.61. The molecule has 0 saturated heterocycles. The summed E-state index contributed by atoms with van der Waals surface area (Å²) in [6.07, 6.45) is 0. The molecule has 0 unspecified atom stereocenters. The molecule has 0 spiro atoms. The Labute approximate surface area is 126 Å². The van der Waals surface area contributed by atoms with Crippen LogP contribution < -0.4 is 5.73 Å². The summed E-state index contributed by atoms with van der Waals surface area (Å²) in [7, 11) is 0.0385. The molecule has 0 aromatic heterocycles. The van der Waals surface area contributed by atoms with Crippen LogP contribution in [-0.4, -0.2) is 51.4 Å². The molecule has 1 aromatic rings. The molecule has 1 aromatic carbocycles. The normalized spacial score (nSPS) is 12.6. The van der Waals surface area contributed by atoms with E-state index in [0.717, 1.165) is 12.1 Å². The van der Waals surface area contributed by atoms with Crippen molar-refractivity contribution in [3.8, 4) is 0 Å². The number of benzene rings is 1. The maximum Gasteiger partial charge on any atom is 0.245 e. The summed E-state index contributed by atoms with van der Waals surface area (Å²) < 4.78 is 39.9. The van der Waals surface area contributed by atoms with Crippen LogP contribution in [0, 0.1) is 11.7 Å². The van der Waals surface area contributed by atoms with E-state index < -0.39 is 15.8 Å². The Morgan fingerprint density at radius 3 is 2.33 bits per heavy atom.